The fourth-order valence-corrected chi connectivity index (χ4v) is 4.27. The second kappa shape index (κ2) is 10.1. The maximum atomic E-state index is 11.9. The average Bonchev–Trinajstić information content (AvgIpc) is 2.79. The van der Waals surface area contributed by atoms with Crippen molar-refractivity contribution < 1.29 is 19.8 Å². The van der Waals surface area contributed by atoms with E-state index in [0.29, 0.717) is 6.42 Å². The number of Topliss-reactive ketones (excluding diaryl/α,β-unsaturated/α-hetero) is 1. The highest BCUT2D eigenvalue weighted by Crippen LogP contribution is 2.35. The number of rotatable bonds is 11. The van der Waals surface area contributed by atoms with E-state index in [2.05, 4.69) is 13.8 Å². The predicted octanol–water partition coefficient (Wildman–Crippen LogP) is 4.05. The smallest absolute Gasteiger partial charge is 0.306 e. The van der Waals surface area contributed by atoms with Gasteiger partial charge in [0.05, 0.1) is 12.0 Å². The first-order valence-corrected chi connectivity index (χ1v) is 9.39. The molecule has 2 N–H and O–H groups in total. The summed E-state index contributed by atoms with van der Waals surface area (Å²) in [7, 11) is 0. The van der Waals surface area contributed by atoms with Gasteiger partial charge in [0, 0.05) is 12.3 Å². The summed E-state index contributed by atoms with van der Waals surface area (Å²) in [5.74, 6) is -0.279. The largest absolute Gasteiger partial charge is 0.481 e. The van der Waals surface area contributed by atoms with E-state index in [1.54, 1.807) is 0 Å². The molecule has 0 spiro atoms. The molecule has 1 aliphatic carbocycles. The van der Waals surface area contributed by atoms with Gasteiger partial charge in [-0.25, -0.2) is 0 Å². The minimum absolute atomic E-state index is 0.0179. The molecule has 4 heteroatoms. The standard InChI is InChI=1S/C19H34O4/c1-4-13(5-2)15(19(22)23)10-8-7-9-11-16-14(6-3)17(20)12-18(16)21/h13-17,20H,4-12H2,1-3H3,(H,22,23)/t14-,15?,16-,17-/m1/s1. The zero-order valence-corrected chi connectivity index (χ0v) is 15.0. The number of aliphatic carboxylic acids is 1. The summed E-state index contributed by atoms with van der Waals surface area (Å²) in [6.07, 6.45) is 6.97. The van der Waals surface area contributed by atoms with Crippen molar-refractivity contribution in [3.63, 3.8) is 0 Å². The normalized spacial score (nSPS) is 26.0. The van der Waals surface area contributed by atoms with Crippen LogP contribution in [-0.2, 0) is 9.59 Å². The third-order valence-electron chi connectivity index (χ3n) is 5.77. The molecule has 0 heterocycles. The Hall–Kier alpha value is -0.900. The highest BCUT2D eigenvalue weighted by molar-refractivity contribution is 5.84. The number of carboxylic acid groups (broad SMARTS) is 1. The maximum absolute atomic E-state index is 11.9. The summed E-state index contributed by atoms with van der Waals surface area (Å²) in [5, 5.41) is 19.3. The Morgan fingerprint density at radius 2 is 1.83 bits per heavy atom. The molecule has 0 aromatic heterocycles. The molecule has 0 amide bonds. The summed E-state index contributed by atoms with van der Waals surface area (Å²) in [4.78, 5) is 23.4. The van der Waals surface area contributed by atoms with E-state index in [-0.39, 0.29) is 29.5 Å². The highest BCUT2D eigenvalue weighted by Gasteiger charge is 2.39. The van der Waals surface area contributed by atoms with Crippen LogP contribution in [0.25, 0.3) is 0 Å². The van der Waals surface area contributed by atoms with Crippen LogP contribution < -0.4 is 0 Å². The van der Waals surface area contributed by atoms with Crippen molar-refractivity contribution in [2.45, 2.75) is 84.7 Å². The first kappa shape index (κ1) is 20.1. The number of hydrogen-bond donors (Lipinski definition) is 2. The third kappa shape index (κ3) is 5.59. The molecule has 0 radical (unpaired) electrons. The third-order valence-corrected chi connectivity index (χ3v) is 5.77. The van der Waals surface area contributed by atoms with Gasteiger partial charge >= 0.3 is 5.97 Å². The van der Waals surface area contributed by atoms with Crippen molar-refractivity contribution in [2.75, 3.05) is 0 Å². The fraction of sp³-hybridized carbons (Fsp3) is 0.895. The van der Waals surface area contributed by atoms with Crippen LogP contribution in [0.2, 0.25) is 0 Å². The molecule has 1 rings (SSSR count). The number of carbonyl (C=O) groups excluding carboxylic acids is 1. The first-order valence-electron chi connectivity index (χ1n) is 9.39. The second-order valence-electron chi connectivity index (χ2n) is 7.08. The molecule has 1 unspecified atom stereocenters. The average molecular weight is 326 g/mol. The van der Waals surface area contributed by atoms with Gasteiger partial charge in [0.2, 0.25) is 0 Å². The van der Waals surface area contributed by atoms with Gasteiger partial charge in [-0.1, -0.05) is 59.3 Å². The van der Waals surface area contributed by atoms with Crippen molar-refractivity contribution in [1.82, 2.24) is 0 Å². The molecule has 4 nitrogen and oxygen atoms in total. The van der Waals surface area contributed by atoms with Crippen molar-refractivity contribution in [2.24, 2.45) is 23.7 Å². The number of aliphatic hydroxyl groups is 1. The molecule has 0 saturated heterocycles. The molecule has 134 valence electrons. The molecule has 1 saturated carbocycles. The summed E-state index contributed by atoms with van der Waals surface area (Å²) in [6.45, 7) is 6.16. The Morgan fingerprint density at radius 3 is 2.35 bits per heavy atom. The number of hydrogen-bond acceptors (Lipinski definition) is 3. The van der Waals surface area contributed by atoms with Gasteiger partial charge in [-0.2, -0.15) is 0 Å². The molecule has 0 aromatic carbocycles. The Kier molecular flexibility index (Phi) is 8.82. The van der Waals surface area contributed by atoms with Crippen LogP contribution in [0.1, 0.15) is 78.6 Å². The zero-order valence-electron chi connectivity index (χ0n) is 15.0. The van der Waals surface area contributed by atoms with Crippen LogP contribution in [0, 0.1) is 23.7 Å². The van der Waals surface area contributed by atoms with Crippen LogP contribution >= 0.6 is 0 Å². The summed E-state index contributed by atoms with van der Waals surface area (Å²) in [5.41, 5.74) is 0. The van der Waals surface area contributed by atoms with E-state index in [4.69, 9.17) is 0 Å². The van der Waals surface area contributed by atoms with E-state index in [1.807, 2.05) is 6.92 Å². The monoisotopic (exact) mass is 326 g/mol. The number of carboxylic acids is 1. The molecule has 0 aromatic rings. The Balaban J connectivity index is 2.34. The van der Waals surface area contributed by atoms with E-state index in [9.17, 15) is 19.8 Å². The molecule has 1 fully saturated rings. The van der Waals surface area contributed by atoms with Crippen molar-refractivity contribution in [3.8, 4) is 0 Å². The summed E-state index contributed by atoms with van der Waals surface area (Å²) < 4.78 is 0. The van der Waals surface area contributed by atoms with Gasteiger partial charge in [-0.15, -0.1) is 0 Å². The second-order valence-corrected chi connectivity index (χ2v) is 7.08. The van der Waals surface area contributed by atoms with Gasteiger partial charge in [0.15, 0.2) is 0 Å². The number of aliphatic hydroxyl groups excluding tert-OH is 1. The number of carbonyl (C=O) groups is 2. The van der Waals surface area contributed by atoms with Crippen molar-refractivity contribution in [1.29, 1.82) is 0 Å². The maximum Gasteiger partial charge on any atom is 0.306 e. The van der Waals surface area contributed by atoms with Gasteiger partial charge in [-0.05, 0) is 24.7 Å². The zero-order chi connectivity index (χ0) is 17.4. The van der Waals surface area contributed by atoms with E-state index in [0.717, 1.165) is 51.4 Å². The predicted molar refractivity (Wildman–Crippen MR) is 91.2 cm³/mol. The Labute approximate surface area is 140 Å². The van der Waals surface area contributed by atoms with Gasteiger partial charge in [-0.3, -0.25) is 9.59 Å². The van der Waals surface area contributed by atoms with E-state index in [1.165, 1.54) is 0 Å². The SMILES string of the molecule is CCC(CC)C(CCCCC[C@H]1C(=O)C[C@@H](O)[C@@H]1CC)C(=O)O. The van der Waals surface area contributed by atoms with Crippen LogP contribution in [-0.4, -0.2) is 28.1 Å². The molecule has 1 aliphatic rings. The van der Waals surface area contributed by atoms with Crippen LogP contribution in [0.3, 0.4) is 0 Å². The van der Waals surface area contributed by atoms with E-state index >= 15 is 0 Å². The Bertz CT molecular complexity index is 372. The lowest BCUT2D eigenvalue weighted by atomic mass is 9.83. The molecular formula is C19H34O4. The molecule has 23 heavy (non-hydrogen) atoms. The fourth-order valence-electron chi connectivity index (χ4n) is 4.27. The molecule has 0 bridgehead atoms. The van der Waals surface area contributed by atoms with Crippen molar-refractivity contribution in [3.05, 3.63) is 0 Å². The van der Waals surface area contributed by atoms with Gasteiger partial charge in [0.25, 0.3) is 0 Å². The summed E-state index contributed by atoms with van der Waals surface area (Å²) in [6, 6.07) is 0. The molecule has 0 aliphatic heterocycles. The van der Waals surface area contributed by atoms with Crippen LogP contribution in [0.4, 0.5) is 0 Å². The van der Waals surface area contributed by atoms with Crippen LogP contribution in [0.15, 0.2) is 0 Å². The van der Waals surface area contributed by atoms with Crippen molar-refractivity contribution >= 4 is 11.8 Å². The lowest BCUT2D eigenvalue weighted by Crippen LogP contribution is -2.23. The Morgan fingerprint density at radius 1 is 1.17 bits per heavy atom. The minimum atomic E-state index is -0.668. The number of unbranched alkanes of at least 4 members (excludes halogenated alkanes) is 2. The summed E-state index contributed by atoms with van der Waals surface area (Å²) >= 11 is 0. The van der Waals surface area contributed by atoms with E-state index < -0.39 is 12.1 Å². The minimum Gasteiger partial charge on any atom is -0.481 e. The molecular weight excluding hydrogens is 292 g/mol. The quantitative estimate of drug-likeness (QED) is 0.562. The highest BCUT2D eigenvalue weighted by atomic mass is 16.4. The lowest BCUT2D eigenvalue weighted by molar-refractivity contribution is -0.144. The topological polar surface area (TPSA) is 74.6 Å². The van der Waals surface area contributed by atoms with Gasteiger partial charge < -0.3 is 10.2 Å². The number of ketones is 1. The lowest BCUT2D eigenvalue weighted by Gasteiger charge is -2.22. The van der Waals surface area contributed by atoms with Gasteiger partial charge in [0.1, 0.15) is 5.78 Å². The molecule has 4 atom stereocenters. The van der Waals surface area contributed by atoms with Crippen LogP contribution in [0.5, 0.6) is 0 Å². The first-order chi connectivity index (χ1) is 11.0.